The van der Waals surface area contributed by atoms with Gasteiger partial charge in [0.1, 0.15) is 0 Å². The van der Waals surface area contributed by atoms with Gasteiger partial charge in [0, 0.05) is 38.8 Å². The predicted molar refractivity (Wildman–Crippen MR) is 79.1 cm³/mol. The molecule has 1 aliphatic carbocycles. The second kappa shape index (κ2) is 5.66. The van der Waals surface area contributed by atoms with E-state index in [1.807, 2.05) is 7.05 Å². The number of likely N-dealkylation sites (N-methyl/N-ethyl adjacent to an activating group) is 1. The molecule has 5 rings (SSSR count). The van der Waals surface area contributed by atoms with Crippen molar-refractivity contribution in [1.29, 1.82) is 0 Å². The summed E-state index contributed by atoms with van der Waals surface area (Å²) in [6, 6.07) is 0.820. The monoisotopic (exact) mass is 291 g/mol. The van der Waals surface area contributed by atoms with Crippen LogP contribution in [0.4, 0.5) is 0 Å². The smallest absolute Gasteiger partial charge is 0.231 e. The van der Waals surface area contributed by atoms with Crippen LogP contribution in [0, 0.1) is 0 Å². The average molecular weight is 291 g/mol. The molecule has 21 heavy (non-hydrogen) atoms. The van der Waals surface area contributed by atoms with E-state index in [9.17, 15) is 0 Å². The minimum absolute atomic E-state index is 0.335. The standard InChI is InChI=1S/C15H25N5O/c1-16-12-5-3-2-4-11(12)15-17-14(18-21-15)13-10-19-6-8-20(13)9-7-19/h11-13,16H,2-10H2,1H3. The first-order valence-corrected chi connectivity index (χ1v) is 8.32. The largest absolute Gasteiger partial charge is 0.339 e. The molecule has 0 aromatic carbocycles. The molecule has 0 spiro atoms. The number of nitrogens with zero attached hydrogens (tertiary/aromatic N) is 4. The number of piperazine rings is 3. The molecule has 3 saturated heterocycles. The maximum atomic E-state index is 5.65. The van der Waals surface area contributed by atoms with E-state index in [1.165, 1.54) is 32.4 Å². The van der Waals surface area contributed by atoms with Crippen molar-refractivity contribution in [2.75, 3.05) is 39.8 Å². The summed E-state index contributed by atoms with van der Waals surface area (Å²) in [7, 11) is 2.04. The van der Waals surface area contributed by atoms with Gasteiger partial charge in [0.25, 0.3) is 0 Å². The Balaban J connectivity index is 1.52. The number of fused-ring (bicyclic) bond motifs is 3. The summed E-state index contributed by atoms with van der Waals surface area (Å²) in [5, 5.41) is 7.74. The second-order valence-corrected chi connectivity index (χ2v) is 6.63. The Morgan fingerprint density at radius 2 is 1.95 bits per heavy atom. The van der Waals surface area contributed by atoms with Gasteiger partial charge in [-0.15, -0.1) is 0 Å². The van der Waals surface area contributed by atoms with Crippen molar-refractivity contribution in [3.8, 4) is 0 Å². The van der Waals surface area contributed by atoms with Crippen molar-refractivity contribution in [2.45, 2.75) is 43.7 Å². The maximum Gasteiger partial charge on any atom is 0.231 e. The number of rotatable bonds is 3. The van der Waals surface area contributed by atoms with Gasteiger partial charge in [0.15, 0.2) is 5.82 Å². The normalized spacial score (nSPS) is 39.6. The first-order valence-electron chi connectivity index (χ1n) is 8.32. The highest BCUT2D eigenvalue weighted by molar-refractivity contribution is 5.06. The number of hydrogen-bond acceptors (Lipinski definition) is 6. The van der Waals surface area contributed by atoms with Crippen molar-refractivity contribution >= 4 is 0 Å². The summed E-state index contributed by atoms with van der Waals surface area (Å²) in [5.41, 5.74) is 0. The molecule has 4 heterocycles. The van der Waals surface area contributed by atoms with E-state index in [1.54, 1.807) is 0 Å². The van der Waals surface area contributed by atoms with Gasteiger partial charge in [-0.3, -0.25) is 9.80 Å². The Morgan fingerprint density at radius 1 is 1.14 bits per heavy atom. The molecule has 1 saturated carbocycles. The zero-order chi connectivity index (χ0) is 14.2. The zero-order valence-corrected chi connectivity index (χ0v) is 12.8. The van der Waals surface area contributed by atoms with Crippen molar-refractivity contribution in [3.05, 3.63) is 11.7 Å². The number of hydrogen-bond donors (Lipinski definition) is 1. The molecule has 1 aromatic rings. The Morgan fingerprint density at radius 3 is 2.67 bits per heavy atom. The van der Waals surface area contributed by atoms with Crippen LogP contribution in [0.15, 0.2) is 4.52 Å². The molecule has 4 fully saturated rings. The van der Waals surface area contributed by atoms with Gasteiger partial charge in [-0.05, 0) is 19.9 Å². The zero-order valence-electron chi connectivity index (χ0n) is 12.8. The average Bonchev–Trinajstić information content (AvgIpc) is 3.05. The third-order valence-electron chi connectivity index (χ3n) is 5.49. The summed E-state index contributed by atoms with van der Waals surface area (Å²) in [5.74, 6) is 2.14. The van der Waals surface area contributed by atoms with E-state index >= 15 is 0 Å². The minimum atomic E-state index is 0.335. The number of aromatic nitrogens is 2. The highest BCUT2D eigenvalue weighted by atomic mass is 16.5. The van der Waals surface area contributed by atoms with Crippen molar-refractivity contribution in [3.63, 3.8) is 0 Å². The molecule has 6 heteroatoms. The molecular formula is C15H25N5O. The highest BCUT2D eigenvalue weighted by Crippen LogP contribution is 2.34. The summed E-state index contributed by atoms with van der Waals surface area (Å²) in [6.45, 7) is 5.70. The van der Waals surface area contributed by atoms with Gasteiger partial charge in [0.2, 0.25) is 5.89 Å². The second-order valence-electron chi connectivity index (χ2n) is 6.63. The Bertz CT molecular complexity index is 461. The molecule has 116 valence electrons. The van der Waals surface area contributed by atoms with Crippen molar-refractivity contribution < 1.29 is 4.52 Å². The van der Waals surface area contributed by atoms with Gasteiger partial charge < -0.3 is 9.84 Å². The van der Waals surface area contributed by atoms with Crippen LogP contribution in [-0.2, 0) is 0 Å². The Kier molecular flexibility index (Phi) is 3.69. The fraction of sp³-hybridized carbons (Fsp3) is 0.867. The lowest BCUT2D eigenvalue weighted by molar-refractivity contribution is 0.00781. The first kappa shape index (κ1) is 13.7. The molecule has 6 nitrogen and oxygen atoms in total. The predicted octanol–water partition coefficient (Wildman–Crippen LogP) is 0.988. The van der Waals surface area contributed by atoms with Crippen LogP contribution in [0.1, 0.15) is 49.4 Å². The molecule has 0 amide bonds. The lowest BCUT2D eigenvalue weighted by Gasteiger charge is -2.46. The van der Waals surface area contributed by atoms with Crippen molar-refractivity contribution in [2.24, 2.45) is 0 Å². The van der Waals surface area contributed by atoms with Gasteiger partial charge in [-0.1, -0.05) is 18.0 Å². The summed E-state index contributed by atoms with van der Waals surface area (Å²) >= 11 is 0. The van der Waals surface area contributed by atoms with Crippen LogP contribution in [-0.4, -0.2) is 65.8 Å². The summed E-state index contributed by atoms with van der Waals surface area (Å²) in [6.07, 6.45) is 4.94. The molecule has 1 aromatic heterocycles. The van der Waals surface area contributed by atoms with Crippen molar-refractivity contribution in [1.82, 2.24) is 25.3 Å². The molecule has 4 aliphatic rings. The fourth-order valence-corrected chi connectivity index (χ4v) is 4.17. The molecule has 1 N–H and O–H groups in total. The molecule has 2 bridgehead atoms. The molecule has 3 unspecified atom stereocenters. The van der Waals surface area contributed by atoms with E-state index < -0.39 is 0 Å². The van der Waals surface area contributed by atoms with Gasteiger partial charge in [-0.2, -0.15) is 4.98 Å². The number of nitrogens with one attached hydrogen (secondary N) is 1. The van der Waals surface area contributed by atoms with Crippen LogP contribution in [0.25, 0.3) is 0 Å². The molecule has 3 atom stereocenters. The van der Waals surface area contributed by atoms with Crippen LogP contribution in [0.2, 0.25) is 0 Å². The van der Waals surface area contributed by atoms with E-state index in [2.05, 4.69) is 20.3 Å². The van der Waals surface area contributed by atoms with Crippen LogP contribution in [0.3, 0.4) is 0 Å². The topological polar surface area (TPSA) is 57.4 Å². The minimum Gasteiger partial charge on any atom is -0.339 e. The Hall–Kier alpha value is -0.980. The third kappa shape index (κ3) is 2.49. The quantitative estimate of drug-likeness (QED) is 0.896. The van der Waals surface area contributed by atoms with E-state index in [-0.39, 0.29) is 0 Å². The first-order chi connectivity index (χ1) is 10.3. The van der Waals surface area contributed by atoms with Crippen LogP contribution in [0.5, 0.6) is 0 Å². The van der Waals surface area contributed by atoms with Gasteiger partial charge in [-0.25, -0.2) is 0 Å². The lowest BCUT2D eigenvalue weighted by Crippen LogP contribution is -2.57. The Labute approximate surface area is 125 Å². The van der Waals surface area contributed by atoms with E-state index in [4.69, 9.17) is 9.51 Å². The molecular weight excluding hydrogens is 266 g/mol. The summed E-state index contributed by atoms with van der Waals surface area (Å²) in [4.78, 5) is 9.81. The highest BCUT2D eigenvalue weighted by Gasteiger charge is 2.37. The SMILES string of the molecule is CNC1CCCCC1c1nc(C2CN3CCN2CC3)no1. The molecule has 0 radical (unpaired) electrons. The van der Waals surface area contributed by atoms with Gasteiger partial charge >= 0.3 is 0 Å². The van der Waals surface area contributed by atoms with E-state index in [0.717, 1.165) is 37.8 Å². The maximum absolute atomic E-state index is 5.65. The fourth-order valence-electron chi connectivity index (χ4n) is 4.17. The molecule has 3 aliphatic heterocycles. The van der Waals surface area contributed by atoms with Gasteiger partial charge in [0.05, 0.1) is 12.0 Å². The van der Waals surface area contributed by atoms with E-state index in [0.29, 0.717) is 18.0 Å². The van der Waals surface area contributed by atoms with Crippen LogP contribution < -0.4 is 5.32 Å². The van der Waals surface area contributed by atoms with Crippen LogP contribution >= 0.6 is 0 Å². The third-order valence-corrected chi connectivity index (χ3v) is 5.49. The summed E-state index contributed by atoms with van der Waals surface area (Å²) < 4.78 is 5.65. The lowest BCUT2D eigenvalue weighted by atomic mass is 9.84.